The van der Waals surface area contributed by atoms with E-state index in [0.717, 1.165) is 12.1 Å². The van der Waals surface area contributed by atoms with Crippen molar-refractivity contribution in [3.63, 3.8) is 0 Å². The summed E-state index contributed by atoms with van der Waals surface area (Å²) in [5, 5.41) is 2.31. The molecule has 1 aliphatic rings. The van der Waals surface area contributed by atoms with Crippen molar-refractivity contribution in [3.05, 3.63) is 47.0 Å². The summed E-state index contributed by atoms with van der Waals surface area (Å²) >= 11 is 1.35. The van der Waals surface area contributed by atoms with Crippen molar-refractivity contribution < 1.29 is 18.3 Å². The Bertz CT molecular complexity index is 607. The van der Waals surface area contributed by atoms with Crippen LogP contribution in [0.3, 0.4) is 0 Å². The Balaban J connectivity index is 1.63. The molecule has 2 heterocycles. The van der Waals surface area contributed by atoms with E-state index in [4.69, 9.17) is 4.74 Å². The molecule has 0 aliphatic carbocycles. The molecule has 20 heavy (non-hydrogen) atoms. The topological polar surface area (TPSA) is 42.4 Å². The number of nitrogens with zero attached hydrogens (tertiary/aromatic N) is 2. The number of ether oxygens (including phenoxy) is 1. The Morgan fingerprint density at radius 2 is 2.05 bits per heavy atom. The first-order chi connectivity index (χ1) is 9.65. The monoisotopic (exact) mass is 296 g/mol. The Hall–Kier alpha value is -2.02. The van der Waals surface area contributed by atoms with Gasteiger partial charge in [0.2, 0.25) is 0 Å². The van der Waals surface area contributed by atoms with E-state index < -0.39 is 23.1 Å². The Morgan fingerprint density at radius 1 is 1.35 bits per heavy atom. The second-order valence-electron chi connectivity index (χ2n) is 4.34. The summed E-state index contributed by atoms with van der Waals surface area (Å²) in [5.41, 5.74) is -0.514. The van der Waals surface area contributed by atoms with Crippen molar-refractivity contribution in [2.45, 2.75) is 6.10 Å². The van der Waals surface area contributed by atoms with Crippen LogP contribution in [0.4, 0.5) is 8.78 Å². The van der Waals surface area contributed by atoms with Crippen molar-refractivity contribution in [3.8, 4) is 5.19 Å². The fraction of sp³-hybridized carbons (Fsp3) is 0.231. The highest BCUT2D eigenvalue weighted by atomic mass is 32.1. The molecule has 0 spiro atoms. The van der Waals surface area contributed by atoms with Crippen molar-refractivity contribution >= 4 is 17.2 Å². The average Bonchev–Trinajstić information content (AvgIpc) is 2.85. The average molecular weight is 296 g/mol. The Labute approximate surface area is 117 Å². The maximum Gasteiger partial charge on any atom is 0.273 e. The predicted molar refractivity (Wildman–Crippen MR) is 68.8 cm³/mol. The summed E-state index contributed by atoms with van der Waals surface area (Å²) in [6, 6.07) is 3.37. The summed E-state index contributed by atoms with van der Waals surface area (Å²) in [4.78, 5) is 17.3. The molecule has 3 rings (SSSR count). The second kappa shape index (κ2) is 5.16. The molecule has 1 amide bonds. The Morgan fingerprint density at radius 3 is 2.65 bits per heavy atom. The molecular formula is C13H10F2N2O2S. The zero-order chi connectivity index (χ0) is 14.1. The lowest BCUT2D eigenvalue weighted by molar-refractivity contribution is 0.0170. The third-order valence-corrected chi connectivity index (χ3v) is 3.65. The molecule has 1 fully saturated rings. The first-order valence-electron chi connectivity index (χ1n) is 5.94. The van der Waals surface area contributed by atoms with Gasteiger partial charge in [-0.15, -0.1) is 0 Å². The van der Waals surface area contributed by atoms with Gasteiger partial charge >= 0.3 is 0 Å². The van der Waals surface area contributed by atoms with E-state index >= 15 is 0 Å². The number of hydrogen-bond acceptors (Lipinski definition) is 4. The summed E-state index contributed by atoms with van der Waals surface area (Å²) in [6.45, 7) is 0.596. The van der Waals surface area contributed by atoms with E-state index in [-0.39, 0.29) is 6.10 Å². The number of benzene rings is 1. The van der Waals surface area contributed by atoms with Gasteiger partial charge in [0.05, 0.1) is 13.1 Å². The summed E-state index contributed by atoms with van der Waals surface area (Å²) in [5.74, 6) is -2.35. The molecule has 0 N–H and O–H groups in total. The molecule has 104 valence electrons. The van der Waals surface area contributed by atoms with E-state index in [1.807, 2.05) is 0 Å². The number of rotatable bonds is 3. The fourth-order valence-corrected chi connectivity index (χ4v) is 2.50. The molecule has 1 aromatic heterocycles. The van der Waals surface area contributed by atoms with Gasteiger partial charge in [-0.1, -0.05) is 17.4 Å². The number of carbonyl (C=O) groups excluding carboxylic acids is 1. The van der Waals surface area contributed by atoms with Gasteiger partial charge in [0.15, 0.2) is 0 Å². The van der Waals surface area contributed by atoms with Crippen LogP contribution in [0.15, 0.2) is 29.8 Å². The fourth-order valence-electron chi connectivity index (χ4n) is 1.95. The molecule has 1 saturated heterocycles. The SMILES string of the molecule is O=C(c1c(F)cccc1F)N1CC(Oc2nccs2)C1. The van der Waals surface area contributed by atoms with Crippen molar-refractivity contribution in [1.29, 1.82) is 0 Å². The standard InChI is InChI=1S/C13H10F2N2O2S/c14-9-2-1-3-10(15)11(9)12(18)17-6-8(7-17)19-13-16-4-5-20-13/h1-5,8H,6-7H2. The molecule has 1 aliphatic heterocycles. The van der Waals surface area contributed by atoms with Crippen LogP contribution in [0.5, 0.6) is 5.19 Å². The second-order valence-corrected chi connectivity index (χ2v) is 5.20. The van der Waals surface area contributed by atoms with Crippen molar-refractivity contribution in [1.82, 2.24) is 9.88 Å². The van der Waals surface area contributed by atoms with Gasteiger partial charge in [-0.2, -0.15) is 0 Å². The number of aromatic nitrogens is 1. The Kier molecular flexibility index (Phi) is 3.35. The van der Waals surface area contributed by atoms with Gasteiger partial charge < -0.3 is 9.64 Å². The normalized spacial score (nSPS) is 15.0. The van der Waals surface area contributed by atoms with Crippen LogP contribution in [-0.4, -0.2) is 35.0 Å². The number of hydrogen-bond donors (Lipinski definition) is 0. The maximum absolute atomic E-state index is 13.5. The lowest BCUT2D eigenvalue weighted by atomic mass is 10.1. The number of amides is 1. The van der Waals surface area contributed by atoms with Gasteiger partial charge in [-0.05, 0) is 12.1 Å². The molecule has 4 nitrogen and oxygen atoms in total. The highest BCUT2D eigenvalue weighted by Crippen LogP contribution is 2.23. The minimum absolute atomic E-state index is 0.181. The zero-order valence-electron chi connectivity index (χ0n) is 10.3. The minimum Gasteiger partial charge on any atom is -0.463 e. The zero-order valence-corrected chi connectivity index (χ0v) is 11.1. The molecule has 0 bridgehead atoms. The lowest BCUT2D eigenvalue weighted by Gasteiger charge is -2.38. The molecular weight excluding hydrogens is 286 g/mol. The van der Waals surface area contributed by atoms with E-state index in [0.29, 0.717) is 18.3 Å². The molecule has 7 heteroatoms. The predicted octanol–water partition coefficient (Wildman–Crippen LogP) is 2.32. The van der Waals surface area contributed by atoms with Gasteiger partial charge in [0.25, 0.3) is 11.1 Å². The smallest absolute Gasteiger partial charge is 0.273 e. The van der Waals surface area contributed by atoms with Gasteiger partial charge in [0, 0.05) is 11.6 Å². The molecule has 0 saturated carbocycles. The van der Waals surface area contributed by atoms with Crippen molar-refractivity contribution in [2.24, 2.45) is 0 Å². The maximum atomic E-state index is 13.5. The summed E-state index contributed by atoms with van der Waals surface area (Å²) in [7, 11) is 0. The molecule has 1 aromatic carbocycles. The van der Waals surface area contributed by atoms with Crippen LogP contribution in [0, 0.1) is 11.6 Å². The van der Waals surface area contributed by atoms with E-state index in [1.54, 1.807) is 11.6 Å². The van der Waals surface area contributed by atoms with Crippen LogP contribution in [0.1, 0.15) is 10.4 Å². The summed E-state index contributed by atoms with van der Waals surface area (Å²) in [6.07, 6.45) is 1.44. The largest absolute Gasteiger partial charge is 0.463 e. The molecule has 0 radical (unpaired) electrons. The third-order valence-electron chi connectivity index (χ3n) is 2.99. The first kappa shape index (κ1) is 13.0. The summed E-state index contributed by atoms with van der Waals surface area (Å²) < 4.78 is 32.5. The van der Waals surface area contributed by atoms with Crippen LogP contribution in [0.25, 0.3) is 0 Å². The van der Waals surface area contributed by atoms with Crippen LogP contribution in [-0.2, 0) is 0 Å². The van der Waals surface area contributed by atoms with E-state index in [9.17, 15) is 13.6 Å². The van der Waals surface area contributed by atoms with E-state index in [2.05, 4.69) is 4.98 Å². The number of likely N-dealkylation sites (tertiary alicyclic amines) is 1. The highest BCUT2D eigenvalue weighted by molar-refractivity contribution is 7.11. The van der Waals surface area contributed by atoms with Crippen molar-refractivity contribution in [2.75, 3.05) is 13.1 Å². The number of halogens is 2. The van der Waals surface area contributed by atoms with E-state index in [1.165, 1.54) is 22.3 Å². The number of carbonyl (C=O) groups is 1. The minimum atomic E-state index is -0.848. The molecule has 0 atom stereocenters. The van der Waals surface area contributed by atoms with Crippen LogP contribution < -0.4 is 4.74 Å². The quantitative estimate of drug-likeness (QED) is 0.873. The van der Waals surface area contributed by atoms with Gasteiger partial charge in [0.1, 0.15) is 23.3 Å². The van der Waals surface area contributed by atoms with Gasteiger partial charge in [-0.25, -0.2) is 13.8 Å². The third kappa shape index (κ3) is 2.36. The first-order valence-corrected chi connectivity index (χ1v) is 6.82. The van der Waals surface area contributed by atoms with Crippen LogP contribution in [0.2, 0.25) is 0 Å². The molecule has 0 unspecified atom stereocenters. The van der Waals surface area contributed by atoms with Crippen LogP contribution >= 0.6 is 11.3 Å². The lowest BCUT2D eigenvalue weighted by Crippen LogP contribution is -2.56. The highest BCUT2D eigenvalue weighted by Gasteiger charge is 2.35. The molecule has 2 aromatic rings. The number of thiazole rings is 1. The van der Waals surface area contributed by atoms with Gasteiger partial charge in [-0.3, -0.25) is 4.79 Å².